The van der Waals surface area contributed by atoms with E-state index < -0.39 is 38.4 Å². The summed E-state index contributed by atoms with van der Waals surface area (Å²) in [5.41, 5.74) is -3.21. The molecule has 0 amide bonds. The molecule has 0 aromatic heterocycles. The van der Waals surface area contributed by atoms with Gasteiger partial charge in [-0.3, -0.25) is 10.1 Å². The Morgan fingerprint density at radius 2 is 1.94 bits per heavy atom. The van der Waals surface area contributed by atoms with Gasteiger partial charge in [-0.2, -0.15) is 13.2 Å². The molecule has 1 rings (SSSR count). The van der Waals surface area contributed by atoms with E-state index in [1.807, 2.05) is 0 Å². The molecule has 0 aliphatic carbocycles. The van der Waals surface area contributed by atoms with Crippen molar-refractivity contribution in [3.8, 4) is 0 Å². The molecule has 5 nitrogen and oxygen atoms in total. The first kappa shape index (κ1) is 13.4. The van der Waals surface area contributed by atoms with E-state index in [-0.39, 0.29) is 0 Å². The third-order valence-corrected chi connectivity index (χ3v) is 2.66. The average molecular weight is 314 g/mol. The molecule has 1 aromatic rings. The highest BCUT2D eigenvalue weighted by Gasteiger charge is 2.37. The zero-order valence-corrected chi connectivity index (χ0v) is 9.37. The molecule has 0 aliphatic rings. The Morgan fingerprint density at radius 3 is 2.29 bits per heavy atom. The van der Waals surface area contributed by atoms with Crippen LogP contribution in [0.15, 0.2) is 16.6 Å². The SMILES string of the molecule is O=C(O)c1c([N+](=O)[O-])ccc(C(F)(F)F)c1Br. The molecule has 0 unspecified atom stereocenters. The van der Waals surface area contributed by atoms with Crippen LogP contribution in [0, 0.1) is 10.1 Å². The van der Waals surface area contributed by atoms with E-state index in [0.29, 0.717) is 12.1 Å². The molecule has 0 saturated heterocycles. The van der Waals surface area contributed by atoms with Gasteiger partial charge >= 0.3 is 12.1 Å². The maximum atomic E-state index is 12.4. The number of halogens is 4. The summed E-state index contributed by atoms with van der Waals surface area (Å²) in [5.74, 6) is -1.81. The lowest BCUT2D eigenvalue weighted by molar-refractivity contribution is -0.385. The number of benzene rings is 1. The Kier molecular flexibility index (Phi) is 3.41. The largest absolute Gasteiger partial charge is 0.477 e. The molecule has 17 heavy (non-hydrogen) atoms. The summed E-state index contributed by atoms with van der Waals surface area (Å²) in [6.45, 7) is 0. The number of carbonyl (C=O) groups is 1. The van der Waals surface area contributed by atoms with Crippen LogP contribution >= 0.6 is 15.9 Å². The Hall–Kier alpha value is -1.64. The Morgan fingerprint density at radius 1 is 1.41 bits per heavy atom. The second-order valence-electron chi connectivity index (χ2n) is 2.88. The predicted molar refractivity (Wildman–Crippen MR) is 52.8 cm³/mol. The van der Waals surface area contributed by atoms with Gasteiger partial charge in [-0.05, 0) is 22.0 Å². The van der Waals surface area contributed by atoms with E-state index in [1.54, 1.807) is 0 Å². The summed E-state index contributed by atoms with van der Waals surface area (Å²) in [4.78, 5) is 20.1. The van der Waals surface area contributed by atoms with E-state index in [0.717, 1.165) is 0 Å². The Labute approximate surface area is 100 Å². The molecular formula is C8H3BrF3NO4. The van der Waals surface area contributed by atoms with Crippen molar-refractivity contribution < 1.29 is 28.0 Å². The van der Waals surface area contributed by atoms with Crippen molar-refractivity contribution in [3.05, 3.63) is 37.8 Å². The van der Waals surface area contributed by atoms with Crippen molar-refractivity contribution >= 4 is 27.6 Å². The highest BCUT2D eigenvalue weighted by molar-refractivity contribution is 9.10. The van der Waals surface area contributed by atoms with Crippen LogP contribution < -0.4 is 0 Å². The van der Waals surface area contributed by atoms with Crippen molar-refractivity contribution in [1.82, 2.24) is 0 Å². The quantitative estimate of drug-likeness (QED) is 0.672. The molecule has 0 spiro atoms. The van der Waals surface area contributed by atoms with Crippen LogP contribution in [0.3, 0.4) is 0 Å². The minimum atomic E-state index is -4.79. The maximum Gasteiger partial charge on any atom is 0.417 e. The first-order valence-electron chi connectivity index (χ1n) is 3.93. The molecule has 92 valence electrons. The summed E-state index contributed by atoms with van der Waals surface area (Å²) < 4.78 is 36.4. The number of hydrogen-bond donors (Lipinski definition) is 1. The van der Waals surface area contributed by atoms with Crippen molar-refractivity contribution in [2.75, 3.05) is 0 Å². The van der Waals surface area contributed by atoms with Crippen LogP contribution in [0.25, 0.3) is 0 Å². The van der Waals surface area contributed by atoms with Crippen molar-refractivity contribution in [2.24, 2.45) is 0 Å². The highest BCUT2D eigenvalue weighted by atomic mass is 79.9. The maximum absolute atomic E-state index is 12.4. The Bertz CT molecular complexity index is 500. The molecule has 1 N–H and O–H groups in total. The van der Waals surface area contributed by atoms with E-state index in [9.17, 15) is 28.1 Å². The first-order valence-corrected chi connectivity index (χ1v) is 4.73. The monoisotopic (exact) mass is 313 g/mol. The summed E-state index contributed by atoms with van der Waals surface area (Å²) in [7, 11) is 0. The van der Waals surface area contributed by atoms with E-state index in [4.69, 9.17) is 5.11 Å². The lowest BCUT2D eigenvalue weighted by Crippen LogP contribution is -2.11. The molecule has 0 heterocycles. The number of nitrogens with zero attached hydrogens (tertiary/aromatic N) is 1. The number of carboxylic acids is 1. The second-order valence-corrected chi connectivity index (χ2v) is 3.67. The van der Waals surface area contributed by atoms with Crippen LogP contribution in [0.1, 0.15) is 15.9 Å². The highest BCUT2D eigenvalue weighted by Crippen LogP contribution is 2.39. The third kappa shape index (κ3) is 2.54. The van der Waals surface area contributed by atoms with E-state index in [1.165, 1.54) is 0 Å². The lowest BCUT2D eigenvalue weighted by atomic mass is 10.1. The summed E-state index contributed by atoms with van der Waals surface area (Å²) >= 11 is 2.43. The zero-order valence-electron chi connectivity index (χ0n) is 7.79. The number of nitro groups is 1. The van der Waals surface area contributed by atoms with Gasteiger partial charge in [-0.15, -0.1) is 0 Å². The first-order chi connectivity index (χ1) is 7.66. The van der Waals surface area contributed by atoms with Crippen molar-refractivity contribution in [3.63, 3.8) is 0 Å². The standard InChI is InChI=1S/C8H3BrF3NO4/c9-6-3(8(10,11)12)1-2-4(13(16)17)5(6)7(14)15/h1-2H,(H,14,15). The van der Waals surface area contributed by atoms with Gasteiger partial charge in [0.2, 0.25) is 0 Å². The fraction of sp³-hybridized carbons (Fsp3) is 0.125. The van der Waals surface area contributed by atoms with E-state index >= 15 is 0 Å². The van der Waals surface area contributed by atoms with Gasteiger partial charge in [0.05, 0.1) is 15.0 Å². The zero-order chi connectivity index (χ0) is 13.4. The number of aromatic carboxylic acids is 1. The average Bonchev–Trinajstić information content (AvgIpc) is 2.13. The van der Waals surface area contributed by atoms with E-state index in [2.05, 4.69) is 15.9 Å². The smallest absolute Gasteiger partial charge is 0.417 e. The molecule has 1 aromatic carbocycles. The summed E-state index contributed by atoms with van der Waals surface area (Å²) in [6.07, 6.45) is -4.79. The number of alkyl halides is 3. The minimum Gasteiger partial charge on any atom is -0.477 e. The van der Waals surface area contributed by atoms with Crippen LogP contribution in [-0.4, -0.2) is 16.0 Å². The molecule has 0 aliphatic heterocycles. The third-order valence-electron chi connectivity index (χ3n) is 1.84. The molecular weight excluding hydrogens is 311 g/mol. The van der Waals surface area contributed by atoms with Gasteiger partial charge < -0.3 is 5.11 Å². The topological polar surface area (TPSA) is 80.4 Å². The molecule has 9 heteroatoms. The predicted octanol–water partition coefficient (Wildman–Crippen LogP) is 3.07. The van der Waals surface area contributed by atoms with Gasteiger partial charge in [0, 0.05) is 6.07 Å². The van der Waals surface area contributed by atoms with Gasteiger partial charge in [-0.25, -0.2) is 4.79 Å². The molecule has 0 atom stereocenters. The summed E-state index contributed by atoms with van der Waals surface area (Å²) in [6, 6.07) is 0.964. The fourth-order valence-electron chi connectivity index (χ4n) is 1.14. The van der Waals surface area contributed by atoms with Crippen LogP contribution in [0.5, 0.6) is 0 Å². The Balaban J connectivity index is 3.61. The molecule has 0 bridgehead atoms. The van der Waals surface area contributed by atoms with Gasteiger partial charge in [0.25, 0.3) is 5.69 Å². The van der Waals surface area contributed by atoms with Crippen LogP contribution in [0.4, 0.5) is 18.9 Å². The number of carboxylic acid groups (broad SMARTS) is 1. The van der Waals surface area contributed by atoms with Crippen molar-refractivity contribution in [1.29, 1.82) is 0 Å². The normalized spacial score (nSPS) is 11.3. The number of nitro benzene ring substituents is 1. The molecule has 0 fully saturated rings. The van der Waals surface area contributed by atoms with Crippen LogP contribution in [0.2, 0.25) is 0 Å². The molecule has 0 radical (unpaired) electrons. The van der Waals surface area contributed by atoms with Crippen LogP contribution in [-0.2, 0) is 6.18 Å². The van der Waals surface area contributed by atoms with Gasteiger partial charge in [-0.1, -0.05) is 0 Å². The van der Waals surface area contributed by atoms with Gasteiger partial charge in [0.1, 0.15) is 0 Å². The summed E-state index contributed by atoms with van der Waals surface area (Å²) in [5, 5.41) is 19.2. The van der Waals surface area contributed by atoms with Gasteiger partial charge in [0.15, 0.2) is 5.56 Å². The van der Waals surface area contributed by atoms with Crippen molar-refractivity contribution in [2.45, 2.75) is 6.18 Å². The lowest BCUT2D eigenvalue weighted by Gasteiger charge is -2.10. The number of rotatable bonds is 2. The number of hydrogen-bond acceptors (Lipinski definition) is 3. The fourth-order valence-corrected chi connectivity index (χ4v) is 1.87. The second kappa shape index (κ2) is 4.32. The molecule has 0 saturated carbocycles. The minimum absolute atomic E-state index is 0.453.